The van der Waals surface area contributed by atoms with Gasteiger partial charge in [0.1, 0.15) is 0 Å². The summed E-state index contributed by atoms with van der Waals surface area (Å²) in [6.07, 6.45) is 0. The van der Waals surface area contributed by atoms with Crippen LogP contribution in [-0.4, -0.2) is 54.0 Å². The molecule has 5 heteroatoms. The van der Waals surface area contributed by atoms with Crippen LogP contribution in [0, 0.1) is 0 Å². The maximum Gasteiger partial charge on any atom is 0.318 e. The number of hydrogen-bond acceptors (Lipinski definition) is 3. The third kappa shape index (κ3) is 3.68. The minimum atomic E-state index is -0.255. The molecule has 0 aromatic heterocycles. The number of nitrogens with one attached hydrogen (secondary N) is 1. The molecule has 88 valence electrons. The summed E-state index contributed by atoms with van der Waals surface area (Å²) in [5.74, 6) is 0. The van der Waals surface area contributed by atoms with Crippen LogP contribution in [0.2, 0.25) is 0 Å². The first kappa shape index (κ1) is 12.3. The number of aliphatic hydroxyl groups is 1. The van der Waals surface area contributed by atoms with Gasteiger partial charge < -0.3 is 20.1 Å². The zero-order valence-electron chi connectivity index (χ0n) is 9.62. The molecule has 2 amide bonds. The van der Waals surface area contributed by atoms with Crippen molar-refractivity contribution in [2.24, 2.45) is 0 Å². The first-order chi connectivity index (χ1) is 6.94. The van der Waals surface area contributed by atoms with E-state index in [9.17, 15) is 4.79 Å². The van der Waals surface area contributed by atoms with Crippen molar-refractivity contribution in [1.29, 1.82) is 0 Å². The minimum absolute atomic E-state index is 0.0580. The number of carbonyl (C=O) groups is 1. The SMILES string of the molecule is CC(C)(C)NC(=O)N1CCOCC1CO. The summed E-state index contributed by atoms with van der Waals surface area (Å²) in [5, 5.41) is 12.0. The molecular weight excluding hydrogens is 196 g/mol. The van der Waals surface area contributed by atoms with E-state index in [0.717, 1.165) is 0 Å². The summed E-state index contributed by atoms with van der Waals surface area (Å²) in [6, 6.07) is -0.356. The van der Waals surface area contributed by atoms with Crippen molar-refractivity contribution in [2.75, 3.05) is 26.4 Å². The van der Waals surface area contributed by atoms with Crippen LogP contribution in [0.4, 0.5) is 4.79 Å². The highest BCUT2D eigenvalue weighted by molar-refractivity contribution is 5.75. The van der Waals surface area contributed by atoms with Crippen molar-refractivity contribution in [1.82, 2.24) is 10.2 Å². The second kappa shape index (κ2) is 4.81. The molecule has 1 aliphatic rings. The summed E-state index contributed by atoms with van der Waals surface area (Å²) in [6.45, 7) is 7.21. The van der Waals surface area contributed by atoms with Gasteiger partial charge in [0, 0.05) is 12.1 Å². The van der Waals surface area contributed by atoms with E-state index in [1.165, 1.54) is 0 Å². The summed E-state index contributed by atoms with van der Waals surface area (Å²) in [7, 11) is 0. The van der Waals surface area contributed by atoms with Gasteiger partial charge in [-0.05, 0) is 20.8 Å². The fourth-order valence-corrected chi connectivity index (χ4v) is 1.47. The predicted molar refractivity (Wildman–Crippen MR) is 56.7 cm³/mol. The van der Waals surface area contributed by atoms with Gasteiger partial charge in [0.25, 0.3) is 0 Å². The standard InChI is InChI=1S/C10H20N2O3/c1-10(2,3)11-9(14)12-4-5-15-7-8(12)6-13/h8,13H,4-7H2,1-3H3,(H,11,14). The molecule has 1 fully saturated rings. The molecule has 2 N–H and O–H groups in total. The van der Waals surface area contributed by atoms with Crippen molar-refractivity contribution in [3.8, 4) is 0 Å². The second-order valence-corrected chi connectivity index (χ2v) is 4.78. The lowest BCUT2D eigenvalue weighted by atomic mass is 10.1. The molecule has 0 bridgehead atoms. The zero-order valence-corrected chi connectivity index (χ0v) is 9.62. The number of rotatable bonds is 1. The number of aliphatic hydroxyl groups excluding tert-OH is 1. The van der Waals surface area contributed by atoms with Crippen LogP contribution in [0.25, 0.3) is 0 Å². The normalized spacial score (nSPS) is 22.7. The van der Waals surface area contributed by atoms with Gasteiger partial charge in [-0.25, -0.2) is 4.79 Å². The number of morpholine rings is 1. The molecule has 1 aliphatic heterocycles. The van der Waals surface area contributed by atoms with Crippen molar-refractivity contribution < 1.29 is 14.6 Å². The van der Waals surface area contributed by atoms with Gasteiger partial charge in [0.15, 0.2) is 0 Å². The zero-order chi connectivity index (χ0) is 11.5. The number of nitrogens with zero attached hydrogens (tertiary/aromatic N) is 1. The summed E-state index contributed by atoms with van der Waals surface area (Å²) < 4.78 is 5.20. The third-order valence-electron chi connectivity index (χ3n) is 2.18. The first-order valence-electron chi connectivity index (χ1n) is 5.21. The molecular formula is C10H20N2O3. The van der Waals surface area contributed by atoms with E-state index >= 15 is 0 Å². The van der Waals surface area contributed by atoms with E-state index in [2.05, 4.69) is 5.32 Å². The molecule has 0 spiro atoms. The lowest BCUT2D eigenvalue weighted by Crippen LogP contribution is -2.57. The lowest BCUT2D eigenvalue weighted by Gasteiger charge is -2.36. The van der Waals surface area contributed by atoms with Gasteiger partial charge in [-0.15, -0.1) is 0 Å². The molecule has 15 heavy (non-hydrogen) atoms. The summed E-state index contributed by atoms with van der Waals surface area (Å²) in [5.41, 5.74) is -0.255. The van der Waals surface area contributed by atoms with Crippen LogP contribution in [0.15, 0.2) is 0 Å². The van der Waals surface area contributed by atoms with E-state index in [0.29, 0.717) is 19.8 Å². The molecule has 0 saturated carbocycles. The molecule has 1 atom stereocenters. The highest BCUT2D eigenvalue weighted by atomic mass is 16.5. The third-order valence-corrected chi connectivity index (χ3v) is 2.18. The Kier molecular flexibility index (Phi) is 3.93. The molecule has 1 saturated heterocycles. The fraction of sp³-hybridized carbons (Fsp3) is 0.900. The Balaban J connectivity index is 2.56. The second-order valence-electron chi connectivity index (χ2n) is 4.78. The Morgan fingerprint density at radius 3 is 2.80 bits per heavy atom. The van der Waals surface area contributed by atoms with Gasteiger partial charge >= 0.3 is 6.03 Å². The largest absolute Gasteiger partial charge is 0.394 e. The Morgan fingerprint density at radius 1 is 1.60 bits per heavy atom. The quantitative estimate of drug-likeness (QED) is 0.657. The van der Waals surface area contributed by atoms with Crippen LogP contribution in [-0.2, 0) is 4.74 Å². The van der Waals surface area contributed by atoms with Crippen molar-refractivity contribution in [2.45, 2.75) is 32.4 Å². The van der Waals surface area contributed by atoms with Crippen molar-refractivity contribution in [3.63, 3.8) is 0 Å². The molecule has 1 heterocycles. The molecule has 0 aromatic rings. The topological polar surface area (TPSA) is 61.8 Å². The average Bonchev–Trinajstić information content (AvgIpc) is 2.15. The Labute approximate surface area is 90.4 Å². The average molecular weight is 216 g/mol. The number of carbonyl (C=O) groups excluding carboxylic acids is 1. The van der Waals surface area contributed by atoms with Crippen LogP contribution in [0.3, 0.4) is 0 Å². The maximum atomic E-state index is 11.8. The molecule has 0 aliphatic carbocycles. The van der Waals surface area contributed by atoms with Crippen LogP contribution in [0.5, 0.6) is 0 Å². The van der Waals surface area contributed by atoms with E-state index in [-0.39, 0.29) is 24.2 Å². The first-order valence-corrected chi connectivity index (χ1v) is 5.21. The van der Waals surface area contributed by atoms with Gasteiger partial charge in [-0.1, -0.05) is 0 Å². The van der Waals surface area contributed by atoms with Crippen LogP contribution in [0.1, 0.15) is 20.8 Å². The molecule has 1 unspecified atom stereocenters. The Hall–Kier alpha value is -0.810. The molecule has 0 radical (unpaired) electrons. The highest BCUT2D eigenvalue weighted by Gasteiger charge is 2.28. The number of ether oxygens (including phenoxy) is 1. The fourth-order valence-electron chi connectivity index (χ4n) is 1.47. The smallest absolute Gasteiger partial charge is 0.318 e. The van der Waals surface area contributed by atoms with Crippen molar-refractivity contribution >= 4 is 6.03 Å². The highest BCUT2D eigenvalue weighted by Crippen LogP contribution is 2.08. The maximum absolute atomic E-state index is 11.8. The van der Waals surface area contributed by atoms with Gasteiger partial charge in [-0.3, -0.25) is 0 Å². The van der Waals surface area contributed by atoms with Gasteiger partial charge in [-0.2, -0.15) is 0 Å². The van der Waals surface area contributed by atoms with E-state index in [1.807, 2.05) is 20.8 Å². The minimum Gasteiger partial charge on any atom is -0.394 e. The molecule has 0 aromatic carbocycles. The van der Waals surface area contributed by atoms with Gasteiger partial charge in [0.2, 0.25) is 0 Å². The van der Waals surface area contributed by atoms with E-state index in [4.69, 9.17) is 9.84 Å². The molecule has 1 rings (SSSR count). The number of urea groups is 1. The molecule has 5 nitrogen and oxygen atoms in total. The Morgan fingerprint density at radius 2 is 2.27 bits per heavy atom. The van der Waals surface area contributed by atoms with E-state index in [1.54, 1.807) is 4.90 Å². The monoisotopic (exact) mass is 216 g/mol. The lowest BCUT2D eigenvalue weighted by molar-refractivity contribution is -0.00867. The van der Waals surface area contributed by atoms with E-state index < -0.39 is 0 Å². The van der Waals surface area contributed by atoms with Gasteiger partial charge in [0.05, 0.1) is 25.9 Å². The summed E-state index contributed by atoms with van der Waals surface area (Å²) in [4.78, 5) is 13.5. The van der Waals surface area contributed by atoms with Crippen molar-refractivity contribution in [3.05, 3.63) is 0 Å². The summed E-state index contributed by atoms with van der Waals surface area (Å²) >= 11 is 0. The number of hydrogen-bond donors (Lipinski definition) is 2. The van der Waals surface area contributed by atoms with Crippen LogP contribution >= 0.6 is 0 Å². The number of amides is 2. The Bertz CT molecular complexity index is 225. The predicted octanol–water partition coefficient (Wildman–Crippen LogP) is 0.188. The van der Waals surface area contributed by atoms with Crippen LogP contribution < -0.4 is 5.32 Å².